The first-order chi connectivity index (χ1) is 11.4. The first-order valence-electron chi connectivity index (χ1n) is 9.23. The third kappa shape index (κ3) is 3.67. The molecule has 0 aromatic heterocycles. The van der Waals surface area contributed by atoms with E-state index in [9.17, 15) is 0 Å². The Labute approximate surface area is 154 Å². The van der Waals surface area contributed by atoms with Gasteiger partial charge in [0.15, 0.2) is 0 Å². The second-order valence-corrected chi connectivity index (χ2v) is 9.10. The van der Waals surface area contributed by atoms with Crippen LogP contribution < -0.4 is 0 Å². The van der Waals surface area contributed by atoms with Crippen molar-refractivity contribution in [3.63, 3.8) is 0 Å². The van der Waals surface area contributed by atoms with Gasteiger partial charge in [-0.25, -0.2) is 0 Å². The molecule has 136 valence electrons. The van der Waals surface area contributed by atoms with Crippen molar-refractivity contribution in [2.24, 2.45) is 0 Å². The van der Waals surface area contributed by atoms with E-state index in [1.807, 2.05) is 0 Å². The monoisotopic (exact) mass is 338 g/mol. The lowest BCUT2D eigenvalue weighted by molar-refractivity contribution is -0.179. The molecule has 0 aliphatic heterocycles. The van der Waals surface area contributed by atoms with Gasteiger partial charge in [-0.15, -0.1) is 0 Å². The molecule has 0 radical (unpaired) electrons. The van der Waals surface area contributed by atoms with Crippen LogP contribution in [0.4, 0.5) is 0 Å². The molecular formula is C24H34O. The van der Waals surface area contributed by atoms with Gasteiger partial charge in [0.1, 0.15) is 0 Å². The molecule has 2 aromatic carbocycles. The van der Waals surface area contributed by atoms with E-state index in [0.29, 0.717) is 0 Å². The molecule has 2 rings (SSSR count). The number of hydrogen-bond acceptors (Lipinski definition) is 1. The molecule has 2 aromatic rings. The molecule has 1 nitrogen and oxygen atoms in total. The van der Waals surface area contributed by atoms with Gasteiger partial charge in [-0.1, -0.05) is 88.4 Å². The third-order valence-corrected chi connectivity index (χ3v) is 6.51. The van der Waals surface area contributed by atoms with Crippen LogP contribution in [0, 0.1) is 0 Å². The lowest BCUT2D eigenvalue weighted by Gasteiger charge is -2.51. The third-order valence-electron chi connectivity index (χ3n) is 6.51. The Morgan fingerprint density at radius 3 is 1.04 bits per heavy atom. The lowest BCUT2D eigenvalue weighted by atomic mass is 9.68. The van der Waals surface area contributed by atoms with Crippen molar-refractivity contribution in [2.45, 2.75) is 77.4 Å². The van der Waals surface area contributed by atoms with E-state index in [2.05, 4.69) is 116 Å². The number of benzene rings is 2. The molecule has 0 spiro atoms. The molecule has 0 heterocycles. The quantitative estimate of drug-likeness (QED) is 0.583. The van der Waals surface area contributed by atoms with Gasteiger partial charge in [-0.2, -0.15) is 0 Å². The van der Waals surface area contributed by atoms with Gasteiger partial charge in [-0.05, 0) is 38.8 Å². The highest BCUT2D eigenvalue weighted by atomic mass is 16.5. The normalized spacial score (nSPS) is 13.8. The van der Waals surface area contributed by atoms with Crippen LogP contribution in [0.25, 0.3) is 0 Å². The summed E-state index contributed by atoms with van der Waals surface area (Å²) in [5, 5.41) is 0. The van der Waals surface area contributed by atoms with Gasteiger partial charge >= 0.3 is 0 Å². The highest BCUT2D eigenvalue weighted by Gasteiger charge is 2.48. The Bertz CT molecular complexity index is 617. The average molecular weight is 339 g/mol. The molecule has 0 fully saturated rings. The topological polar surface area (TPSA) is 9.23 Å². The molecule has 0 bridgehead atoms. The van der Waals surface area contributed by atoms with Crippen molar-refractivity contribution in [1.82, 2.24) is 0 Å². The number of hydrogen-bond donors (Lipinski definition) is 0. The minimum atomic E-state index is -0.329. The summed E-state index contributed by atoms with van der Waals surface area (Å²) in [6, 6.07) is 21.3. The Balaban J connectivity index is 2.35. The lowest BCUT2D eigenvalue weighted by Crippen LogP contribution is -2.55. The maximum absolute atomic E-state index is 6.86. The van der Waals surface area contributed by atoms with Crippen LogP contribution in [0.15, 0.2) is 60.7 Å². The molecule has 25 heavy (non-hydrogen) atoms. The van der Waals surface area contributed by atoms with E-state index < -0.39 is 0 Å². The summed E-state index contributed by atoms with van der Waals surface area (Å²) in [5.41, 5.74) is 1.71. The van der Waals surface area contributed by atoms with Crippen molar-refractivity contribution < 1.29 is 4.74 Å². The Kier molecular flexibility index (Phi) is 5.21. The SMILES string of the molecule is CC(C)(OC(C)(C)C(C)(C)c1ccccc1)C(C)(C)c1ccccc1. The van der Waals surface area contributed by atoms with Crippen molar-refractivity contribution in [3.8, 4) is 0 Å². The molecule has 0 aliphatic rings. The number of rotatable bonds is 6. The maximum Gasteiger partial charge on any atom is 0.0725 e. The summed E-state index contributed by atoms with van der Waals surface area (Å²) in [6.07, 6.45) is 0. The van der Waals surface area contributed by atoms with Crippen LogP contribution in [-0.2, 0) is 15.6 Å². The van der Waals surface area contributed by atoms with Crippen molar-refractivity contribution in [1.29, 1.82) is 0 Å². The van der Waals surface area contributed by atoms with Gasteiger partial charge in [-0.3, -0.25) is 0 Å². The molecule has 0 saturated heterocycles. The highest BCUT2D eigenvalue weighted by molar-refractivity contribution is 5.29. The molecule has 0 aliphatic carbocycles. The standard InChI is InChI=1S/C24H34O/c1-21(2,19-15-11-9-12-16-19)23(5,6)25-24(7,8)22(3,4)20-17-13-10-14-18-20/h9-18H,1-8H3. The van der Waals surface area contributed by atoms with E-state index in [1.54, 1.807) is 0 Å². The number of ether oxygens (including phenoxy) is 1. The molecule has 0 unspecified atom stereocenters. The van der Waals surface area contributed by atoms with E-state index >= 15 is 0 Å². The van der Waals surface area contributed by atoms with E-state index in [4.69, 9.17) is 4.74 Å². The fourth-order valence-electron chi connectivity index (χ4n) is 3.30. The molecule has 1 heteroatoms. The van der Waals surface area contributed by atoms with Crippen LogP contribution in [0.5, 0.6) is 0 Å². The fourth-order valence-corrected chi connectivity index (χ4v) is 3.30. The zero-order chi connectivity index (χ0) is 18.9. The minimum Gasteiger partial charge on any atom is -0.368 e. The van der Waals surface area contributed by atoms with Crippen LogP contribution in [-0.4, -0.2) is 11.2 Å². The Morgan fingerprint density at radius 2 is 0.760 bits per heavy atom. The van der Waals surface area contributed by atoms with Crippen molar-refractivity contribution in [3.05, 3.63) is 71.8 Å². The van der Waals surface area contributed by atoms with Gasteiger partial charge in [0.05, 0.1) is 11.2 Å². The molecule has 0 amide bonds. The largest absolute Gasteiger partial charge is 0.368 e. The molecular weight excluding hydrogens is 304 g/mol. The van der Waals surface area contributed by atoms with Crippen LogP contribution in [0.1, 0.15) is 66.5 Å². The first kappa shape index (κ1) is 19.7. The van der Waals surface area contributed by atoms with Crippen LogP contribution >= 0.6 is 0 Å². The highest BCUT2D eigenvalue weighted by Crippen LogP contribution is 2.45. The van der Waals surface area contributed by atoms with Gasteiger partial charge in [0, 0.05) is 10.8 Å². The zero-order valence-electron chi connectivity index (χ0n) is 17.2. The van der Waals surface area contributed by atoms with E-state index in [-0.39, 0.29) is 22.0 Å². The smallest absolute Gasteiger partial charge is 0.0725 e. The molecule has 0 N–H and O–H groups in total. The predicted octanol–water partition coefficient (Wildman–Crippen LogP) is 6.52. The summed E-state index contributed by atoms with van der Waals surface area (Å²) in [4.78, 5) is 0. The molecule has 0 saturated carbocycles. The summed E-state index contributed by atoms with van der Waals surface area (Å²) in [6.45, 7) is 17.9. The summed E-state index contributed by atoms with van der Waals surface area (Å²) in [7, 11) is 0. The van der Waals surface area contributed by atoms with Crippen molar-refractivity contribution in [2.75, 3.05) is 0 Å². The fraction of sp³-hybridized carbons (Fsp3) is 0.500. The van der Waals surface area contributed by atoms with Gasteiger partial charge < -0.3 is 4.74 Å². The van der Waals surface area contributed by atoms with Crippen LogP contribution in [0.2, 0.25) is 0 Å². The van der Waals surface area contributed by atoms with E-state index in [0.717, 1.165) is 0 Å². The summed E-state index contributed by atoms with van der Waals surface area (Å²) in [5.74, 6) is 0. The average Bonchev–Trinajstić information content (AvgIpc) is 2.55. The second-order valence-electron chi connectivity index (χ2n) is 9.10. The van der Waals surface area contributed by atoms with Crippen molar-refractivity contribution >= 4 is 0 Å². The van der Waals surface area contributed by atoms with Gasteiger partial charge in [0.2, 0.25) is 0 Å². The zero-order valence-corrected chi connectivity index (χ0v) is 17.2. The molecule has 0 atom stereocenters. The van der Waals surface area contributed by atoms with Crippen LogP contribution in [0.3, 0.4) is 0 Å². The summed E-state index contributed by atoms with van der Waals surface area (Å²) < 4.78 is 6.86. The Hall–Kier alpha value is -1.60. The Morgan fingerprint density at radius 1 is 0.480 bits per heavy atom. The summed E-state index contributed by atoms with van der Waals surface area (Å²) >= 11 is 0. The second kappa shape index (κ2) is 6.61. The predicted molar refractivity (Wildman–Crippen MR) is 108 cm³/mol. The first-order valence-corrected chi connectivity index (χ1v) is 9.23. The minimum absolute atomic E-state index is 0.113. The maximum atomic E-state index is 6.86. The van der Waals surface area contributed by atoms with Gasteiger partial charge in [0.25, 0.3) is 0 Å². The van der Waals surface area contributed by atoms with E-state index in [1.165, 1.54) is 11.1 Å².